The average Bonchev–Trinajstić information content (AvgIpc) is 3.11. The third-order valence-electron chi connectivity index (χ3n) is 4.42. The van der Waals surface area contributed by atoms with Crippen LogP contribution in [-0.2, 0) is 4.79 Å². The van der Waals surface area contributed by atoms with E-state index in [-0.39, 0.29) is 5.92 Å². The Labute approximate surface area is 146 Å². The lowest BCUT2D eigenvalue weighted by atomic mass is 9.88. The number of carbonyl (C=O) groups is 1. The Balaban J connectivity index is 1.42. The van der Waals surface area contributed by atoms with Gasteiger partial charge in [0.05, 0.1) is 12.1 Å². The molecule has 3 N–H and O–H groups in total. The van der Waals surface area contributed by atoms with Crippen LogP contribution in [0.2, 0.25) is 0 Å². The number of nitrogens with zero attached hydrogens (tertiary/aromatic N) is 1. The van der Waals surface area contributed by atoms with Crippen LogP contribution < -0.4 is 10.7 Å². The van der Waals surface area contributed by atoms with Crippen molar-refractivity contribution in [3.63, 3.8) is 0 Å². The number of nitrogens with one attached hydrogen (secondary N) is 2. The Hall–Kier alpha value is -2.60. The van der Waals surface area contributed by atoms with Crippen LogP contribution in [0.25, 0.3) is 11.3 Å². The summed E-state index contributed by atoms with van der Waals surface area (Å²) in [5, 5.41) is 16.5. The SMILES string of the molecule is O=C(O)[C@H]1CNC[C@@H](CCN/N=C/c2ccc(-c3ccccc3)o2)C1. The van der Waals surface area contributed by atoms with Crippen molar-refractivity contribution in [2.75, 3.05) is 19.6 Å². The van der Waals surface area contributed by atoms with Crippen molar-refractivity contribution in [3.05, 3.63) is 48.2 Å². The molecule has 0 bridgehead atoms. The lowest BCUT2D eigenvalue weighted by molar-refractivity contribution is -0.142. The summed E-state index contributed by atoms with van der Waals surface area (Å²) < 4.78 is 5.74. The molecule has 1 aromatic carbocycles. The third kappa shape index (κ3) is 4.93. The van der Waals surface area contributed by atoms with Crippen LogP contribution in [0.3, 0.4) is 0 Å². The van der Waals surface area contributed by atoms with Gasteiger partial charge in [0.25, 0.3) is 0 Å². The van der Waals surface area contributed by atoms with Crippen LogP contribution in [0.1, 0.15) is 18.6 Å². The maximum absolute atomic E-state index is 11.0. The number of aliphatic carboxylic acids is 1. The Morgan fingerprint density at radius 2 is 2.12 bits per heavy atom. The topological polar surface area (TPSA) is 86.9 Å². The highest BCUT2D eigenvalue weighted by molar-refractivity contribution is 5.77. The Morgan fingerprint density at radius 3 is 2.92 bits per heavy atom. The number of rotatable bonds is 7. The summed E-state index contributed by atoms with van der Waals surface area (Å²) >= 11 is 0. The highest BCUT2D eigenvalue weighted by Crippen LogP contribution is 2.21. The van der Waals surface area contributed by atoms with Gasteiger partial charge in [0.2, 0.25) is 0 Å². The number of carboxylic acid groups (broad SMARTS) is 1. The molecule has 0 saturated carbocycles. The van der Waals surface area contributed by atoms with E-state index in [4.69, 9.17) is 9.52 Å². The Bertz CT molecular complexity index is 712. The molecule has 132 valence electrons. The fraction of sp³-hybridized carbons (Fsp3) is 0.368. The summed E-state index contributed by atoms with van der Waals surface area (Å²) in [4.78, 5) is 11.0. The van der Waals surface area contributed by atoms with E-state index in [1.165, 1.54) is 0 Å². The summed E-state index contributed by atoms with van der Waals surface area (Å²) in [6.45, 7) is 2.15. The summed E-state index contributed by atoms with van der Waals surface area (Å²) in [6.07, 6.45) is 3.28. The first kappa shape index (κ1) is 17.2. The molecule has 0 spiro atoms. The van der Waals surface area contributed by atoms with Crippen LogP contribution in [0.5, 0.6) is 0 Å². The molecular weight excluding hydrogens is 318 g/mol. The van der Waals surface area contributed by atoms with E-state index in [1.807, 2.05) is 42.5 Å². The summed E-state index contributed by atoms with van der Waals surface area (Å²) in [5.74, 6) is 0.884. The van der Waals surface area contributed by atoms with Crippen LogP contribution in [0.4, 0.5) is 0 Å². The van der Waals surface area contributed by atoms with E-state index in [9.17, 15) is 4.79 Å². The molecule has 2 aromatic rings. The minimum absolute atomic E-state index is 0.276. The van der Waals surface area contributed by atoms with Crippen molar-refractivity contribution >= 4 is 12.2 Å². The van der Waals surface area contributed by atoms with E-state index < -0.39 is 5.97 Å². The monoisotopic (exact) mass is 341 g/mol. The molecule has 1 aliphatic rings. The van der Waals surface area contributed by atoms with Crippen LogP contribution in [-0.4, -0.2) is 36.9 Å². The van der Waals surface area contributed by atoms with Crippen molar-refractivity contribution < 1.29 is 14.3 Å². The van der Waals surface area contributed by atoms with Crippen molar-refractivity contribution in [3.8, 4) is 11.3 Å². The van der Waals surface area contributed by atoms with Crippen molar-refractivity contribution in [2.24, 2.45) is 16.9 Å². The van der Waals surface area contributed by atoms with Crippen LogP contribution in [0.15, 0.2) is 52.0 Å². The van der Waals surface area contributed by atoms with Crippen molar-refractivity contribution in [1.82, 2.24) is 10.7 Å². The molecule has 0 unspecified atom stereocenters. The zero-order valence-corrected chi connectivity index (χ0v) is 14.0. The number of benzene rings is 1. The van der Waals surface area contributed by atoms with E-state index in [0.29, 0.717) is 24.8 Å². The molecule has 6 heteroatoms. The molecule has 6 nitrogen and oxygen atoms in total. The molecule has 0 amide bonds. The molecule has 2 heterocycles. The van der Waals surface area contributed by atoms with Crippen molar-refractivity contribution in [2.45, 2.75) is 12.8 Å². The van der Waals surface area contributed by atoms with Crippen molar-refractivity contribution in [1.29, 1.82) is 0 Å². The number of hydrogen-bond donors (Lipinski definition) is 3. The first-order chi connectivity index (χ1) is 12.2. The zero-order valence-electron chi connectivity index (χ0n) is 14.0. The molecule has 1 saturated heterocycles. The van der Waals surface area contributed by atoms with Gasteiger partial charge in [-0.1, -0.05) is 30.3 Å². The summed E-state index contributed by atoms with van der Waals surface area (Å²) in [7, 11) is 0. The summed E-state index contributed by atoms with van der Waals surface area (Å²) in [5.41, 5.74) is 4.04. The Kier molecular flexibility index (Phi) is 5.85. The fourth-order valence-electron chi connectivity index (χ4n) is 3.06. The molecular formula is C19H23N3O3. The van der Waals surface area contributed by atoms with E-state index in [0.717, 1.165) is 30.7 Å². The van der Waals surface area contributed by atoms with Gasteiger partial charge in [0.1, 0.15) is 11.5 Å². The van der Waals surface area contributed by atoms with E-state index in [1.54, 1.807) is 6.21 Å². The maximum Gasteiger partial charge on any atom is 0.307 e. The second kappa shape index (κ2) is 8.48. The lowest BCUT2D eigenvalue weighted by Crippen LogP contribution is -2.40. The molecule has 2 atom stereocenters. The van der Waals surface area contributed by atoms with Crippen LogP contribution >= 0.6 is 0 Å². The average molecular weight is 341 g/mol. The Morgan fingerprint density at radius 1 is 1.28 bits per heavy atom. The molecule has 25 heavy (non-hydrogen) atoms. The van der Waals surface area contributed by atoms with E-state index in [2.05, 4.69) is 15.8 Å². The second-order valence-electron chi connectivity index (χ2n) is 6.32. The molecule has 1 aromatic heterocycles. The standard InChI is InChI=1S/C19H23N3O3/c23-19(24)16-10-14(11-20-12-16)8-9-21-22-13-17-6-7-18(25-17)15-4-2-1-3-5-15/h1-7,13-14,16,20-21H,8-12H2,(H,23,24)/b22-13+/t14-,16+/m0/s1. The zero-order chi connectivity index (χ0) is 17.5. The number of hydrazone groups is 1. The first-order valence-electron chi connectivity index (χ1n) is 8.57. The van der Waals surface area contributed by atoms with Crippen LogP contribution in [0, 0.1) is 11.8 Å². The molecule has 1 fully saturated rings. The number of hydrogen-bond acceptors (Lipinski definition) is 5. The first-order valence-corrected chi connectivity index (χ1v) is 8.57. The quantitative estimate of drug-likeness (QED) is 0.409. The van der Waals surface area contributed by atoms with Gasteiger partial charge in [0.15, 0.2) is 0 Å². The lowest BCUT2D eigenvalue weighted by Gasteiger charge is -2.27. The molecule has 3 rings (SSSR count). The highest BCUT2D eigenvalue weighted by atomic mass is 16.4. The van der Waals surface area contributed by atoms with E-state index >= 15 is 0 Å². The predicted octanol–water partition coefficient (Wildman–Crippen LogP) is 2.57. The normalized spacial score (nSPS) is 20.6. The van der Waals surface area contributed by atoms with Gasteiger partial charge < -0.3 is 20.3 Å². The largest absolute Gasteiger partial charge is 0.481 e. The third-order valence-corrected chi connectivity index (χ3v) is 4.42. The van der Waals surface area contributed by atoms with Gasteiger partial charge in [0, 0.05) is 18.7 Å². The number of piperidine rings is 1. The van der Waals surface area contributed by atoms with Gasteiger partial charge in [-0.15, -0.1) is 0 Å². The van der Waals surface area contributed by atoms with Gasteiger partial charge in [-0.3, -0.25) is 4.79 Å². The predicted molar refractivity (Wildman–Crippen MR) is 96.5 cm³/mol. The van der Waals surface area contributed by atoms with Gasteiger partial charge in [-0.05, 0) is 37.4 Å². The smallest absolute Gasteiger partial charge is 0.307 e. The fourth-order valence-corrected chi connectivity index (χ4v) is 3.06. The minimum atomic E-state index is -0.713. The van der Waals surface area contributed by atoms with Gasteiger partial charge in [-0.25, -0.2) is 0 Å². The highest BCUT2D eigenvalue weighted by Gasteiger charge is 2.26. The maximum atomic E-state index is 11.0. The minimum Gasteiger partial charge on any atom is -0.481 e. The van der Waals surface area contributed by atoms with Gasteiger partial charge >= 0.3 is 5.97 Å². The molecule has 1 aliphatic heterocycles. The molecule has 0 radical (unpaired) electrons. The molecule has 0 aliphatic carbocycles. The second-order valence-corrected chi connectivity index (χ2v) is 6.32. The van der Waals surface area contributed by atoms with Gasteiger partial charge in [-0.2, -0.15) is 5.10 Å². The number of furan rings is 1. The summed E-state index contributed by atoms with van der Waals surface area (Å²) in [6, 6.07) is 13.7. The number of carboxylic acids is 1.